The molecule has 1 aliphatic rings. The predicted molar refractivity (Wildman–Crippen MR) is 189 cm³/mol. The lowest BCUT2D eigenvalue weighted by Gasteiger charge is -2.20. The summed E-state index contributed by atoms with van der Waals surface area (Å²) in [5.41, 5.74) is 1.85. The normalized spacial score (nSPS) is 12.8. The van der Waals surface area contributed by atoms with Crippen LogP contribution in [0.4, 0.5) is 15.8 Å². The van der Waals surface area contributed by atoms with E-state index in [-0.39, 0.29) is 22.2 Å². The first-order chi connectivity index (χ1) is 23.8. The topological polar surface area (TPSA) is 106 Å². The minimum Gasteiger partial charge on any atom is -0.486 e. The Morgan fingerprint density at radius 2 is 1.43 bits per heavy atom. The number of nitrogens with one attached hydrogen (secondary N) is 3. The largest absolute Gasteiger partial charge is 0.486 e. The van der Waals surface area contributed by atoms with Gasteiger partial charge < -0.3 is 25.4 Å². The van der Waals surface area contributed by atoms with Crippen molar-refractivity contribution in [3.05, 3.63) is 155 Å². The number of amides is 3. The highest BCUT2D eigenvalue weighted by Crippen LogP contribution is 2.38. The van der Waals surface area contributed by atoms with Crippen LogP contribution in [0.15, 0.2) is 132 Å². The quantitative estimate of drug-likeness (QED) is 0.101. The summed E-state index contributed by atoms with van der Waals surface area (Å²) < 4.78 is 25.9. The Balaban J connectivity index is 1.19. The first-order valence-corrected chi connectivity index (χ1v) is 16.5. The molecule has 0 saturated carbocycles. The van der Waals surface area contributed by atoms with Crippen LogP contribution in [0.25, 0.3) is 6.08 Å². The van der Waals surface area contributed by atoms with Gasteiger partial charge in [0.05, 0.1) is 5.02 Å². The van der Waals surface area contributed by atoms with Crippen molar-refractivity contribution < 1.29 is 28.2 Å². The third-order valence-electron chi connectivity index (χ3n) is 7.33. The molecule has 3 N–H and O–H groups in total. The average Bonchev–Trinajstić information content (AvgIpc) is 3.13. The average molecular weight is 694 g/mol. The van der Waals surface area contributed by atoms with Crippen LogP contribution in [0.2, 0.25) is 5.02 Å². The van der Waals surface area contributed by atoms with Gasteiger partial charge in [-0.2, -0.15) is 0 Å². The van der Waals surface area contributed by atoms with Crippen molar-refractivity contribution in [1.29, 1.82) is 0 Å². The molecule has 0 saturated heterocycles. The summed E-state index contributed by atoms with van der Waals surface area (Å²) in [6, 6.07) is 34.0. The summed E-state index contributed by atoms with van der Waals surface area (Å²) in [4.78, 5) is 40.8. The van der Waals surface area contributed by atoms with E-state index in [1.807, 2.05) is 30.3 Å². The zero-order valence-electron chi connectivity index (χ0n) is 25.8. The first-order valence-electron chi connectivity index (χ1n) is 15.2. The molecular formula is C38H29ClFN3O5S. The maximum atomic E-state index is 14.7. The number of fused-ring (bicyclic) bond motifs is 1. The van der Waals surface area contributed by atoms with Crippen LogP contribution in [0.5, 0.6) is 11.5 Å². The highest BCUT2D eigenvalue weighted by molar-refractivity contribution is 8.00. The summed E-state index contributed by atoms with van der Waals surface area (Å²) >= 11 is 7.56. The minimum absolute atomic E-state index is 0.0455. The molecule has 0 aliphatic carbocycles. The fourth-order valence-corrected chi connectivity index (χ4v) is 6.16. The maximum absolute atomic E-state index is 14.7. The number of carbonyl (C=O) groups is 3. The number of hydrogen-bond acceptors (Lipinski definition) is 6. The second-order valence-electron chi connectivity index (χ2n) is 10.7. The maximum Gasteiger partial charge on any atom is 0.272 e. The monoisotopic (exact) mass is 693 g/mol. The molecule has 0 radical (unpaired) electrons. The van der Waals surface area contributed by atoms with Gasteiger partial charge in [0.2, 0.25) is 5.91 Å². The van der Waals surface area contributed by atoms with E-state index in [0.717, 1.165) is 10.5 Å². The molecule has 8 nitrogen and oxygen atoms in total. The van der Waals surface area contributed by atoms with Crippen molar-refractivity contribution >= 4 is 58.5 Å². The Labute approximate surface area is 291 Å². The zero-order valence-corrected chi connectivity index (χ0v) is 27.4. The lowest BCUT2D eigenvalue weighted by Crippen LogP contribution is -2.30. The van der Waals surface area contributed by atoms with Crippen LogP contribution in [-0.4, -0.2) is 30.9 Å². The molecule has 0 fully saturated rings. The molecule has 246 valence electrons. The molecule has 3 amide bonds. The predicted octanol–water partition coefficient (Wildman–Crippen LogP) is 8.13. The van der Waals surface area contributed by atoms with Crippen LogP contribution in [0, 0.1) is 5.82 Å². The van der Waals surface area contributed by atoms with Crippen molar-refractivity contribution in [3.8, 4) is 11.5 Å². The van der Waals surface area contributed by atoms with Crippen molar-refractivity contribution in [2.45, 2.75) is 10.1 Å². The van der Waals surface area contributed by atoms with Crippen LogP contribution < -0.4 is 25.4 Å². The molecule has 1 aliphatic heterocycles. The summed E-state index contributed by atoms with van der Waals surface area (Å²) in [6.45, 7) is 0.905. The molecule has 6 rings (SSSR count). The second kappa shape index (κ2) is 15.5. The van der Waals surface area contributed by atoms with Gasteiger partial charge in [0, 0.05) is 33.5 Å². The third kappa shape index (κ3) is 8.48. The summed E-state index contributed by atoms with van der Waals surface area (Å²) in [5, 5.41) is 7.79. The van der Waals surface area contributed by atoms with Gasteiger partial charge in [-0.25, -0.2) is 4.39 Å². The van der Waals surface area contributed by atoms with E-state index in [1.54, 1.807) is 72.8 Å². The van der Waals surface area contributed by atoms with Gasteiger partial charge in [-0.3, -0.25) is 14.4 Å². The van der Waals surface area contributed by atoms with Crippen LogP contribution in [0.1, 0.15) is 26.7 Å². The molecule has 1 atom stereocenters. The van der Waals surface area contributed by atoms with Crippen LogP contribution >= 0.6 is 23.4 Å². The molecule has 0 spiro atoms. The number of benzene rings is 5. The SMILES string of the molecule is O=C(Nc1ccc(SC(C(=O)Nc2ccc3c(c2)OCCO3)c2ccccc2)cc1)/C(=C/c1c(F)cccc1Cl)NC(=O)c1ccccc1. The van der Waals surface area contributed by atoms with Gasteiger partial charge in [0.25, 0.3) is 11.8 Å². The molecule has 11 heteroatoms. The van der Waals surface area contributed by atoms with Gasteiger partial charge >= 0.3 is 0 Å². The number of ether oxygens (including phenoxy) is 2. The molecular weight excluding hydrogens is 665 g/mol. The van der Waals surface area contributed by atoms with E-state index < -0.39 is 22.9 Å². The number of carbonyl (C=O) groups excluding carboxylic acids is 3. The highest BCUT2D eigenvalue weighted by atomic mass is 35.5. The third-order valence-corrected chi connectivity index (χ3v) is 8.93. The molecule has 1 unspecified atom stereocenters. The van der Waals surface area contributed by atoms with E-state index in [0.29, 0.717) is 41.7 Å². The molecule has 5 aromatic rings. The van der Waals surface area contributed by atoms with Crippen molar-refractivity contribution in [2.24, 2.45) is 0 Å². The Bertz CT molecular complexity index is 1990. The summed E-state index contributed by atoms with van der Waals surface area (Å²) in [7, 11) is 0. The standard InChI is InChI=1S/C38H29ClFN3O5S/c39-30-12-7-13-31(40)29(30)23-32(43-36(44)25-10-5-2-6-11-25)37(45)41-26-14-17-28(18-15-26)49-35(24-8-3-1-4-9-24)38(46)42-27-16-19-33-34(22-27)48-21-20-47-33/h1-19,22-23,35H,20-21H2,(H,41,45)(H,42,46)(H,43,44)/b32-23-. The van der Waals surface area contributed by atoms with E-state index in [9.17, 15) is 18.8 Å². The highest BCUT2D eigenvalue weighted by Gasteiger charge is 2.24. The molecule has 0 aromatic heterocycles. The Kier molecular flexibility index (Phi) is 10.6. The smallest absolute Gasteiger partial charge is 0.272 e. The van der Waals surface area contributed by atoms with Gasteiger partial charge in [-0.05, 0) is 72.3 Å². The fraction of sp³-hybridized carbons (Fsp3) is 0.0789. The summed E-state index contributed by atoms with van der Waals surface area (Å²) in [6.07, 6.45) is 1.20. The molecule has 0 bridgehead atoms. The zero-order chi connectivity index (χ0) is 34.2. The molecule has 49 heavy (non-hydrogen) atoms. The van der Waals surface area contributed by atoms with Crippen molar-refractivity contribution in [1.82, 2.24) is 5.32 Å². The number of hydrogen-bond donors (Lipinski definition) is 3. The number of halogens is 2. The van der Waals surface area contributed by atoms with Gasteiger partial charge in [0.1, 0.15) is 30.0 Å². The van der Waals surface area contributed by atoms with Crippen molar-refractivity contribution in [3.63, 3.8) is 0 Å². The van der Waals surface area contributed by atoms with E-state index in [2.05, 4.69) is 16.0 Å². The van der Waals surface area contributed by atoms with Gasteiger partial charge in [0.15, 0.2) is 11.5 Å². The van der Waals surface area contributed by atoms with Gasteiger partial charge in [-0.15, -0.1) is 11.8 Å². The molecule has 5 aromatic carbocycles. The van der Waals surface area contributed by atoms with Crippen LogP contribution in [0.3, 0.4) is 0 Å². The lowest BCUT2D eigenvalue weighted by atomic mass is 10.1. The van der Waals surface area contributed by atoms with E-state index in [1.165, 1.54) is 36.0 Å². The Hall–Kier alpha value is -5.58. The fourth-order valence-electron chi connectivity index (χ4n) is 4.92. The van der Waals surface area contributed by atoms with E-state index in [4.69, 9.17) is 21.1 Å². The summed E-state index contributed by atoms with van der Waals surface area (Å²) in [5.74, 6) is -0.935. The number of rotatable bonds is 10. The van der Waals surface area contributed by atoms with Crippen LogP contribution in [-0.2, 0) is 9.59 Å². The second-order valence-corrected chi connectivity index (χ2v) is 12.3. The number of anilines is 2. The van der Waals surface area contributed by atoms with Crippen molar-refractivity contribution in [2.75, 3.05) is 23.8 Å². The lowest BCUT2D eigenvalue weighted by molar-refractivity contribution is -0.116. The molecule has 1 heterocycles. The Morgan fingerprint density at radius 3 is 2.14 bits per heavy atom. The first kappa shape index (κ1) is 33.3. The Morgan fingerprint density at radius 1 is 0.755 bits per heavy atom. The van der Waals surface area contributed by atoms with E-state index >= 15 is 0 Å². The van der Waals surface area contributed by atoms with Gasteiger partial charge in [-0.1, -0.05) is 66.2 Å². The minimum atomic E-state index is -0.690. The number of thioether (sulfide) groups is 1.